The summed E-state index contributed by atoms with van der Waals surface area (Å²) < 4.78 is 6.10. The maximum Gasteiger partial charge on any atom is 0.226 e. The van der Waals surface area contributed by atoms with Crippen LogP contribution in [-0.4, -0.2) is 77.3 Å². The number of hydrogen-bond acceptors (Lipinski definition) is 8. The average Bonchev–Trinajstić information content (AvgIpc) is 3.83. The van der Waals surface area contributed by atoms with E-state index in [9.17, 15) is 14.4 Å². The number of Topliss-reactive ketones (excluding diaryl/α,β-unsaturated/α-hetero) is 2. The number of ether oxygens (including phenoxy) is 1. The number of benzene rings is 1. The predicted octanol–water partition coefficient (Wildman–Crippen LogP) is 7.53. The number of aromatic amines is 1. The van der Waals surface area contributed by atoms with E-state index in [2.05, 4.69) is 87.5 Å². The van der Waals surface area contributed by atoms with Crippen molar-refractivity contribution in [1.29, 1.82) is 0 Å². The van der Waals surface area contributed by atoms with Gasteiger partial charge in [0.15, 0.2) is 5.78 Å². The van der Waals surface area contributed by atoms with E-state index in [0.717, 1.165) is 30.5 Å². The molecule has 1 amide bonds. The molecule has 1 fully saturated rings. The van der Waals surface area contributed by atoms with Crippen LogP contribution in [0.5, 0.6) is 0 Å². The molecule has 2 aromatic rings. The van der Waals surface area contributed by atoms with Gasteiger partial charge in [-0.3, -0.25) is 14.4 Å². The molecule has 56 heavy (non-hydrogen) atoms. The second-order valence-corrected chi connectivity index (χ2v) is 17.8. The summed E-state index contributed by atoms with van der Waals surface area (Å²) in [6.45, 7) is 23.3. The van der Waals surface area contributed by atoms with E-state index in [4.69, 9.17) is 10.5 Å². The molecule has 5 N–H and O–H groups in total. The number of nitrogens with two attached hydrogens (primary N) is 1. The molecule has 1 heterocycles. The van der Waals surface area contributed by atoms with Crippen LogP contribution in [0.15, 0.2) is 55.0 Å². The lowest BCUT2D eigenvalue weighted by Crippen LogP contribution is -2.61. The summed E-state index contributed by atoms with van der Waals surface area (Å²) in [5.41, 5.74) is 8.22. The van der Waals surface area contributed by atoms with E-state index in [-0.39, 0.29) is 65.2 Å². The van der Waals surface area contributed by atoms with Gasteiger partial charge in [0.1, 0.15) is 11.6 Å². The number of likely N-dealkylation sites (N-methyl/N-ethyl adjacent to an activating group) is 1. The molecule has 10 heteroatoms. The second kappa shape index (κ2) is 21.4. The molecule has 1 aromatic heterocycles. The number of imidazole rings is 1. The van der Waals surface area contributed by atoms with Crippen LogP contribution in [0.4, 0.5) is 0 Å². The van der Waals surface area contributed by atoms with Gasteiger partial charge in [-0.1, -0.05) is 118 Å². The number of aromatic nitrogens is 2. The van der Waals surface area contributed by atoms with Crippen molar-refractivity contribution < 1.29 is 19.1 Å². The third-order valence-electron chi connectivity index (χ3n) is 13.0. The minimum atomic E-state index is -1.01. The van der Waals surface area contributed by atoms with Crippen LogP contribution in [0.25, 0.3) is 0 Å². The summed E-state index contributed by atoms with van der Waals surface area (Å²) in [7, 11) is 5.68. The fourth-order valence-electron chi connectivity index (χ4n) is 9.95. The Kier molecular flexibility index (Phi) is 18.0. The topological polar surface area (TPSA) is 142 Å². The molecule has 0 aliphatic heterocycles. The highest BCUT2D eigenvalue weighted by Gasteiger charge is 2.52. The van der Waals surface area contributed by atoms with E-state index in [1.54, 1.807) is 19.5 Å². The quantitative estimate of drug-likeness (QED) is 0.0858. The van der Waals surface area contributed by atoms with Gasteiger partial charge < -0.3 is 31.0 Å². The molecular weight excluding hydrogens is 701 g/mol. The normalized spacial score (nSPS) is 22.2. The molecule has 0 saturated heterocycles. The lowest BCUT2D eigenvalue weighted by molar-refractivity contribution is -0.137. The monoisotopic (exact) mass is 777 g/mol. The molecule has 10 nitrogen and oxygen atoms in total. The Balaban J connectivity index is 1.83. The Hall–Kier alpha value is -3.34. The molecular formula is C46H76N6O4. The van der Waals surface area contributed by atoms with Gasteiger partial charge in [-0.15, -0.1) is 0 Å². The van der Waals surface area contributed by atoms with Crippen molar-refractivity contribution in [3.63, 3.8) is 0 Å². The summed E-state index contributed by atoms with van der Waals surface area (Å²) >= 11 is 0. The van der Waals surface area contributed by atoms with Crippen LogP contribution in [0.2, 0.25) is 0 Å². The highest BCUT2D eigenvalue weighted by Crippen LogP contribution is 2.44. The number of rotatable bonds is 24. The van der Waals surface area contributed by atoms with E-state index in [0.29, 0.717) is 37.4 Å². The Morgan fingerprint density at radius 2 is 1.66 bits per heavy atom. The number of nitrogens with one attached hydrogen (secondary N) is 3. The molecule has 1 aliphatic rings. The highest BCUT2D eigenvalue weighted by atomic mass is 16.5. The van der Waals surface area contributed by atoms with E-state index in [1.807, 2.05) is 51.4 Å². The van der Waals surface area contributed by atoms with Gasteiger partial charge in [0.25, 0.3) is 0 Å². The van der Waals surface area contributed by atoms with Gasteiger partial charge in [-0.05, 0) is 68.5 Å². The minimum absolute atomic E-state index is 0.00351. The smallest absolute Gasteiger partial charge is 0.226 e. The Morgan fingerprint density at radius 3 is 2.18 bits per heavy atom. The predicted molar refractivity (Wildman–Crippen MR) is 228 cm³/mol. The van der Waals surface area contributed by atoms with Crippen LogP contribution in [0, 0.1) is 47.3 Å². The standard InChI is InChI=1S/C46H76N6O4/c1-14-30(7)39(31(8)42(54)40(28(3)4)50-33(10)41(29(5)6)52(11)12)35(15-2)27-38(53)36-22-19-23-46(36,47)43(56-13)32(9)45(55)51-37(44-48-24-25-49-44)26-34-20-17-16-18-21-34/h16-18,20-21,24-25,28-32,35-37,39-41,43,50H,10,14-15,19,22-23,26-27,47H2,1-9,11-13H3,(H,48,49)(H,51,55)/t30-,31?,32+,35+,36?,37?,39+,40?,41-,43+,46-/m0/s1. The number of carbonyl (C=O) groups excluding carboxylic acids is 3. The number of ketones is 2. The molecule has 0 radical (unpaired) electrons. The third kappa shape index (κ3) is 11.4. The minimum Gasteiger partial charge on any atom is -0.379 e. The molecule has 4 unspecified atom stereocenters. The maximum absolute atomic E-state index is 14.6. The highest BCUT2D eigenvalue weighted by molar-refractivity contribution is 5.87. The van der Waals surface area contributed by atoms with Crippen molar-refractivity contribution in [2.45, 2.75) is 137 Å². The lowest BCUT2D eigenvalue weighted by atomic mass is 9.66. The zero-order chi connectivity index (χ0) is 41.9. The Bertz CT molecular complexity index is 1520. The fraction of sp³-hybridized carbons (Fsp3) is 0.696. The van der Waals surface area contributed by atoms with Crippen molar-refractivity contribution in [3.05, 3.63) is 66.4 Å². The molecule has 0 spiro atoms. The lowest BCUT2D eigenvalue weighted by Gasteiger charge is -2.42. The van der Waals surface area contributed by atoms with Crippen molar-refractivity contribution in [3.8, 4) is 0 Å². The first-order valence-corrected chi connectivity index (χ1v) is 21.3. The largest absolute Gasteiger partial charge is 0.379 e. The van der Waals surface area contributed by atoms with Crippen LogP contribution in [0.3, 0.4) is 0 Å². The van der Waals surface area contributed by atoms with Crippen molar-refractivity contribution in [1.82, 2.24) is 25.5 Å². The first-order valence-electron chi connectivity index (χ1n) is 21.3. The van der Waals surface area contributed by atoms with Crippen LogP contribution >= 0.6 is 0 Å². The zero-order valence-corrected chi connectivity index (χ0v) is 36.7. The third-order valence-corrected chi connectivity index (χ3v) is 13.0. The van der Waals surface area contributed by atoms with Crippen LogP contribution in [0.1, 0.15) is 118 Å². The van der Waals surface area contributed by atoms with Gasteiger partial charge in [0.2, 0.25) is 5.91 Å². The Morgan fingerprint density at radius 1 is 1.00 bits per heavy atom. The SMILES string of the molecule is C=C(NC(C(=O)C(C)[C@H]([C@H](CC)CC(=O)C1CCC[C@@]1(N)[C@H](OC)[C@@H](C)C(=O)NC(Cc1ccccc1)c1ncc[nH]1)[C@@H](C)CC)C(C)C)[C@H](C(C)C)N(C)C. The fourth-order valence-corrected chi connectivity index (χ4v) is 9.95. The number of carbonyl (C=O) groups is 3. The zero-order valence-electron chi connectivity index (χ0n) is 36.7. The van der Waals surface area contributed by atoms with Gasteiger partial charge in [0, 0.05) is 43.5 Å². The van der Waals surface area contributed by atoms with Crippen LogP contribution < -0.4 is 16.4 Å². The van der Waals surface area contributed by atoms with Gasteiger partial charge in [0.05, 0.1) is 35.7 Å². The molecule has 3 rings (SSSR count). The van der Waals surface area contributed by atoms with Crippen LogP contribution in [-0.2, 0) is 25.5 Å². The van der Waals surface area contributed by atoms with Gasteiger partial charge in [-0.2, -0.15) is 0 Å². The summed E-state index contributed by atoms with van der Waals surface area (Å²) in [5.74, 6) is 0.00810. The van der Waals surface area contributed by atoms with Crippen molar-refractivity contribution in [2.75, 3.05) is 21.2 Å². The molecule has 314 valence electrons. The number of H-pyrrole nitrogens is 1. The summed E-state index contributed by atoms with van der Waals surface area (Å²) in [6.07, 6.45) is 7.34. The number of amides is 1. The summed E-state index contributed by atoms with van der Waals surface area (Å²) in [6, 6.07) is 9.31. The summed E-state index contributed by atoms with van der Waals surface area (Å²) in [4.78, 5) is 53.0. The second-order valence-electron chi connectivity index (χ2n) is 17.8. The average molecular weight is 777 g/mol. The van der Waals surface area contributed by atoms with E-state index >= 15 is 0 Å². The van der Waals surface area contributed by atoms with E-state index < -0.39 is 23.5 Å². The Labute approximate surface area is 339 Å². The van der Waals surface area contributed by atoms with E-state index in [1.165, 1.54) is 0 Å². The van der Waals surface area contributed by atoms with Gasteiger partial charge >= 0.3 is 0 Å². The van der Waals surface area contributed by atoms with Crippen molar-refractivity contribution in [2.24, 2.45) is 53.1 Å². The first-order chi connectivity index (χ1) is 26.4. The molecule has 1 saturated carbocycles. The summed E-state index contributed by atoms with van der Waals surface area (Å²) in [5, 5.41) is 6.79. The number of hydrogen-bond donors (Lipinski definition) is 4. The molecule has 1 aliphatic carbocycles. The molecule has 11 atom stereocenters. The number of methoxy groups -OCH3 is 1. The van der Waals surface area contributed by atoms with Gasteiger partial charge in [-0.25, -0.2) is 4.98 Å². The molecule has 0 bridgehead atoms. The first kappa shape index (κ1) is 47.0. The van der Waals surface area contributed by atoms with Crippen molar-refractivity contribution >= 4 is 17.5 Å². The molecule has 1 aromatic carbocycles. The maximum atomic E-state index is 14.6. The number of nitrogens with zero attached hydrogens (tertiary/aromatic N) is 2.